The second-order valence-electron chi connectivity index (χ2n) is 12.8. The predicted molar refractivity (Wildman–Crippen MR) is 181 cm³/mol. The van der Waals surface area contributed by atoms with E-state index in [0.717, 1.165) is 52.8 Å². The number of H-pyrrole nitrogens is 1. The second-order valence-corrected chi connectivity index (χ2v) is 15.1. The third-order valence-corrected chi connectivity index (χ3v) is 11.5. The Morgan fingerprint density at radius 1 is 1.04 bits per heavy atom. The first-order valence-corrected chi connectivity index (χ1v) is 17.7. The molecule has 9 nitrogen and oxygen atoms in total. The van der Waals surface area contributed by atoms with Gasteiger partial charge in [0.15, 0.2) is 0 Å². The lowest BCUT2D eigenvalue weighted by molar-refractivity contribution is -0.131. The molecule has 0 spiro atoms. The van der Waals surface area contributed by atoms with Gasteiger partial charge in [-0.3, -0.25) is 9.59 Å². The lowest BCUT2D eigenvalue weighted by Crippen LogP contribution is -2.54. The van der Waals surface area contributed by atoms with Crippen LogP contribution in [0.5, 0.6) is 0 Å². The fraction of sp³-hybridized carbons (Fsp3) is 0.371. The minimum absolute atomic E-state index is 0.0145. The summed E-state index contributed by atoms with van der Waals surface area (Å²) in [6, 6.07) is 17.3. The first kappa shape index (κ1) is 33.1. The zero-order chi connectivity index (χ0) is 33.3. The number of carbonyl (C=O) groups excluding carboxylic acids is 2. The number of amides is 2. The molecule has 1 aromatic heterocycles. The maximum atomic E-state index is 14.6. The monoisotopic (exact) mass is 679 g/mol. The van der Waals surface area contributed by atoms with Crippen molar-refractivity contribution in [1.82, 2.24) is 19.5 Å². The third kappa shape index (κ3) is 7.08. The number of sulfonamides is 1. The lowest BCUT2D eigenvalue weighted by Gasteiger charge is -2.38. The zero-order valence-corrected chi connectivity index (χ0v) is 28.0. The molecule has 1 saturated heterocycles. The Kier molecular flexibility index (Phi) is 9.70. The smallest absolute Gasteiger partial charge is 0.249 e. The number of hydrogen-bond acceptors (Lipinski definition) is 5. The van der Waals surface area contributed by atoms with E-state index in [1.165, 1.54) is 16.4 Å². The number of rotatable bonds is 9. The summed E-state index contributed by atoms with van der Waals surface area (Å²) in [6.07, 6.45) is 3.50. The van der Waals surface area contributed by atoms with Crippen molar-refractivity contribution in [3.8, 4) is 0 Å². The Labute approximate surface area is 279 Å². The van der Waals surface area contributed by atoms with Gasteiger partial charge in [-0.1, -0.05) is 35.9 Å². The summed E-state index contributed by atoms with van der Waals surface area (Å²) in [5.74, 6) is -1.33. The van der Waals surface area contributed by atoms with Crippen LogP contribution in [0, 0.1) is 17.7 Å². The molecular weight excluding hydrogens is 641 g/mol. The van der Waals surface area contributed by atoms with Crippen LogP contribution in [0.25, 0.3) is 10.9 Å². The summed E-state index contributed by atoms with van der Waals surface area (Å²) < 4.78 is 41.0. The molecule has 2 aliphatic rings. The van der Waals surface area contributed by atoms with Crippen LogP contribution in [0.3, 0.4) is 0 Å². The number of hydrogen-bond donors (Lipinski definition) is 2. The molecule has 2 atom stereocenters. The number of aromatic nitrogens is 1. The molecule has 2 aliphatic heterocycles. The van der Waals surface area contributed by atoms with E-state index in [1.54, 1.807) is 4.90 Å². The highest BCUT2D eigenvalue weighted by molar-refractivity contribution is 7.89. The molecule has 12 heteroatoms. The van der Waals surface area contributed by atoms with Crippen molar-refractivity contribution in [2.24, 2.45) is 11.8 Å². The molecule has 47 heavy (non-hydrogen) atoms. The highest BCUT2D eigenvalue weighted by Crippen LogP contribution is 2.36. The Hall–Kier alpha value is -3.77. The number of para-hydroxylation sites is 1. The van der Waals surface area contributed by atoms with E-state index in [0.29, 0.717) is 24.4 Å². The van der Waals surface area contributed by atoms with E-state index in [2.05, 4.69) is 15.2 Å². The quantitative estimate of drug-likeness (QED) is 0.263. The van der Waals surface area contributed by atoms with Crippen molar-refractivity contribution < 1.29 is 22.4 Å². The van der Waals surface area contributed by atoms with E-state index >= 15 is 0 Å². The van der Waals surface area contributed by atoms with Crippen LogP contribution < -0.4 is 10.2 Å². The van der Waals surface area contributed by atoms with Crippen LogP contribution in [0.1, 0.15) is 24.0 Å². The van der Waals surface area contributed by atoms with Crippen LogP contribution in [0.2, 0.25) is 5.02 Å². The minimum atomic E-state index is -3.82. The van der Waals surface area contributed by atoms with Crippen molar-refractivity contribution in [1.29, 1.82) is 0 Å². The number of nitrogens with one attached hydrogen (secondary N) is 2. The van der Waals surface area contributed by atoms with Gasteiger partial charge in [-0.2, -0.15) is 4.31 Å². The summed E-state index contributed by atoms with van der Waals surface area (Å²) in [7, 11) is 0.185. The van der Waals surface area contributed by atoms with Crippen molar-refractivity contribution in [3.05, 3.63) is 94.9 Å². The normalized spacial score (nSPS) is 18.3. The summed E-state index contributed by atoms with van der Waals surface area (Å²) in [5, 5.41) is 4.67. The van der Waals surface area contributed by atoms with E-state index in [9.17, 15) is 22.4 Å². The number of nitrogens with zero attached hydrogens (tertiary/aromatic N) is 3. The number of carbonyl (C=O) groups is 2. The molecule has 2 amide bonds. The molecule has 0 bridgehead atoms. The van der Waals surface area contributed by atoms with Gasteiger partial charge in [-0.25, -0.2) is 12.8 Å². The highest BCUT2D eigenvalue weighted by atomic mass is 35.5. The van der Waals surface area contributed by atoms with Gasteiger partial charge in [0, 0.05) is 66.3 Å². The minimum Gasteiger partial charge on any atom is -0.361 e. The SMILES string of the molecule is CN(C)C[C@H]1Cc2c(Cl)cccc2N(C(=O)[C@@H](Cc2c[nH]c3ccccc23)NC(=O)C2CCN(S(=O)(=O)c3ccc(F)cc3)CC2)C1. The molecule has 0 unspecified atom stereocenters. The Morgan fingerprint density at radius 2 is 1.77 bits per heavy atom. The van der Waals surface area contributed by atoms with Crippen molar-refractivity contribution in [3.63, 3.8) is 0 Å². The lowest BCUT2D eigenvalue weighted by atomic mass is 9.90. The fourth-order valence-corrected chi connectivity index (χ4v) is 8.59. The van der Waals surface area contributed by atoms with Crippen LogP contribution >= 0.6 is 11.6 Å². The van der Waals surface area contributed by atoms with E-state index in [-0.39, 0.29) is 42.1 Å². The van der Waals surface area contributed by atoms with Gasteiger partial charge in [-0.15, -0.1) is 0 Å². The summed E-state index contributed by atoms with van der Waals surface area (Å²) in [6.45, 7) is 1.55. The Bertz CT molecular complexity index is 1870. The molecule has 4 aromatic rings. The van der Waals surface area contributed by atoms with Crippen molar-refractivity contribution in [2.75, 3.05) is 45.2 Å². The number of fused-ring (bicyclic) bond motifs is 2. The Balaban J connectivity index is 1.24. The average molecular weight is 680 g/mol. The largest absolute Gasteiger partial charge is 0.361 e. The maximum Gasteiger partial charge on any atom is 0.249 e. The first-order chi connectivity index (χ1) is 22.5. The van der Waals surface area contributed by atoms with Gasteiger partial charge >= 0.3 is 0 Å². The van der Waals surface area contributed by atoms with Crippen molar-refractivity contribution >= 4 is 50.0 Å². The number of aromatic amines is 1. The van der Waals surface area contributed by atoms with Gasteiger partial charge < -0.3 is 20.1 Å². The fourth-order valence-electron chi connectivity index (χ4n) is 6.87. The van der Waals surface area contributed by atoms with Gasteiger partial charge in [0.2, 0.25) is 21.8 Å². The molecule has 0 aliphatic carbocycles. The van der Waals surface area contributed by atoms with Gasteiger partial charge in [-0.05, 0) is 92.9 Å². The number of benzene rings is 3. The molecule has 1 fully saturated rings. The predicted octanol–water partition coefficient (Wildman–Crippen LogP) is 4.86. The molecule has 3 heterocycles. The first-order valence-electron chi connectivity index (χ1n) is 15.9. The van der Waals surface area contributed by atoms with Gasteiger partial charge in [0.1, 0.15) is 11.9 Å². The molecule has 248 valence electrons. The molecule has 0 saturated carbocycles. The van der Waals surface area contributed by atoms with Gasteiger partial charge in [0.05, 0.1) is 4.90 Å². The third-order valence-electron chi connectivity index (χ3n) is 9.20. The van der Waals surface area contributed by atoms with Crippen LogP contribution in [0.15, 0.2) is 77.8 Å². The number of halogens is 2. The van der Waals surface area contributed by atoms with Crippen molar-refractivity contribution in [2.45, 2.75) is 36.6 Å². The number of anilines is 1. The molecule has 3 aromatic carbocycles. The highest BCUT2D eigenvalue weighted by Gasteiger charge is 2.37. The Morgan fingerprint density at radius 3 is 2.49 bits per heavy atom. The number of piperidine rings is 1. The molecular formula is C35H39ClFN5O4S. The standard InChI is InChI=1S/C35H39ClFN5O4S/c1-40(2)21-23-18-29-30(36)7-5-9-33(29)42(22-23)35(44)32(19-25-20-38-31-8-4-3-6-28(25)31)39-34(43)24-14-16-41(17-15-24)47(45,46)27-12-10-26(37)11-13-27/h3-13,20,23-24,32,38H,14-19,21-22H2,1-2H3,(H,39,43)/t23-,32-/m1/s1. The summed E-state index contributed by atoms with van der Waals surface area (Å²) in [5.41, 5.74) is 3.53. The summed E-state index contributed by atoms with van der Waals surface area (Å²) in [4.78, 5) is 35.6. The topological polar surface area (TPSA) is 106 Å². The van der Waals surface area contributed by atoms with E-state index in [4.69, 9.17) is 11.6 Å². The average Bonchev–Trinajstić information content (AvgIpc) is 3.47. The van der Waals surface area contributed by atoms with Crippen LogP contribution in [0.4, 0.5) is 10.1 Å². The zero-order valence-electron chi connectivity index (χ0n) is 26.5. The van der Waals surface area contributed by atoms with Crippen LogP contribution in [-0.2, 0) is 32.5 Å². The second kappa shape index (κ2) is 13.8. The van der Waals surface area contributed by atoms with E-state index < -0.39 is 27.8 Å². The van der Waals surface area contributed by atoms with Gasteiger partial charge in [0.25, 0.3) is 0 Å². The molecule has 0 radical (unpaired) electrons. The van der Waals surface area contributed by atoms with E-state index in [1.807, 2.05) is 62.8 Å². The maximum absolute atomic E-state index is 14.6. The molecule has 6 rings (SSSR count). The summed E-state index contributed by atoms with van der Waals surface area (Å²) >= 11 is 6.66. The molecule has 2 N–H and O–H groups in total. The van der Waals surface area contributed by atoms with Crippen LogP contribution in [-0.4, -0.2) is 80.7 Å².